The van der Waals surface area contributed by atoms with Crippen LogP contribution in [0, 0.1) is 17.1 Å². The van der Waals surface area contributed by atoms with Crippen molar-refractivity contribution in [1.29, 1.82) is 5.26 Å². The molecule has 1 aliphatic rings. The fourth-order valence-electron chi connectivity index (χ4n) is 3.27. The number of halogens is 1. The Labute approximate surface area is 158 Å². The highest BCUT2D eigenvalue weighted by molar-refractivity contribution is 5.94. The van der Waals surface area contributed by atoms with Crippen molar-refractivity contribution in [2.24, 2.45) is 0 Å². The van der Waals surface area contributed by atoms with Crippen molar-refractivity contribution in [3.05, 3.63) is 65.0 Å². The lowest BCUT2D eigenvalue weighted by Gasteiger charge is -2.37. The summed E-state index contributed by atoms with van der Waals surface area (Å²) in [6, 6.07) is 13.4. The van der Waals surface area contributed by atoms with Crippen LogP contribution in [0.3, 0.4) is 0 Å². The topological polar surface area (TPSA) is 65.4 Å². The Kier molecular flexibility index (Phi) is 5.72. The Bertz CT molecular complexity index is 851. The SMILES string of the molecule is CC1CN(c2ccc(CNC(=O)c3ccc(C#N)cc3)cc2F)CC(C)O1. The minimum absolute atomic E-state index is 0.0551. The Morgan fingerprint density at radius 3 is 2.48 bits per heavy atom. The molecule has 1 saturated heterocycles. The average molecular weight is 367 g/mol. The molecule has 2 aromatic carbocycles. The molecule has 5 nitrogen and oxygen atoms in total. The number of nitriles is 1. The second-order valence-corrected chi connectivity index (χ2v) is 6.82. The number of amides is 1. The molecule has 1 fully saturated rings. The summed E-state index contributed by atoms with van der Waals surface area (Å²) in [7, 11) is 0. The van der Waals surface area contributed by atoms with Crippen molar-refractivity contribution in [3.8, 4) is 6.07 Å². The molecule has 3 rings (SSSR count). The maximum Gasteiger partial charge on any atom is 0.251 e. The number of carbonyl (C=O) groups excluding carboxylic acids is 1. The van der Waals surface area contributed by atoms with Gasteiger partial charge in [0.25, 0.3) is 5.91 Å². The molecule has 1 heterocycles. The van der Waals surface area contributed by atoms with Crippen LogP contribution in [0.15, 0.2) is 42.5 Å². The molecule has 0 saturated carbocycles. The molecular formula is C21H22FN3O2. The number of benzene rings is 2. The first kappa shape index (κ1) is 18.9. The standard InChI is InChI=1S/C21H22FN3O2/c1-14-12-25(13-15(2)27-14)20-8-5-17(9-19(20)22)11-24-21(26)18-6-3-16(10-23)4-7-18/h3-9,14-15H,11-13H2,1-2H3,(H,24,26). The quantitative estimate of drug-likeness (QED) is 0.901. The van der Waals surface area contributed by atoms with Gasteiger partial charge < -0.3 is 15.0 Å². The summed E-state index contributed by atoms with van der Waals surface area (Å²) >= 11 is 0. The van der Waals surface area contributed by atoms with Gasteiger partial charge in [0.15, 0.2) is 0 Å². The van der Waals surface area contributed by atoms with Gasteiger partial charge in [0.05, 0.1) is 29.5 Å². The van der Waals surface area contributed by atoms with Gasteiger partial charge in [0.2, 0.25) is 0 Å². The van der Waals surface area contributed by atoms with Crippen LogP contribution in [0.5, 0.6) is 0 Å². The number of morpholine rings is 1. The van der Waals surface area contributed by atoms with E-state index in [1.54, 1.807) is 30.3 Å². The van der Waals surface area contributed by atoms with Gasteiger partial charge in [-0.15, -0.1) is 0 Å². The van der Waals surface area contributed by atoms with Crippen molar-refractivity contribution in [1.82, 2.24) is 5.32 Å². The smallest absolute Gasteiger partial charge is 0.251 e. The second kappa shape index (κ2) is 8.19. The summed E-state index contributed by atoms with van der Waals surface area (Å²) in [4.78, 5) is 14.2. The number of ether oxygens (including phenoxy) is 1. The van der Waals surface area contributed by atoms with Gasteiger partial charge in [-0.1, -0.05) is 6.07 Å². The highest BCUT2D eigenvalue weighted by Gasteiger charge is 2.24. The predicted octanol–water partition coefficient (Wildman–Crippen LogP) is 3.24. The van der Waals surface area contributed by atoms with Crippen molar-refractivity contribution in [3.63, 3.8) is 0 Å². The van der Waals surface area contributed by atoms with E-state index in [1.165, 1.54) is 6.07 Å². The van der Waals surface area contributed by atoms with E-state index in [0.29, 0.717) is 35.5 Å². The lowest BCUT2D eigenvalue weighted by atomic mass is 10.1. The van der Waals surface area contributed by atoms with Crippen LogP contribution < -0.4 is 10.2 Å². The molecule has 2 atom stereocenters. The zero-order valence-corrected chi connectivity index (χ0v) is 15.4. The number of hydrogen-bond donors (Lipinski definition) is 1. The second-order valence-electron chi connectivity index (χ2n) is 6.82. The van der Waals surface area contributed by atoms with E-state index < -0.39 is 0 Å². The zero-order valence-electron chi connectivity index (χ0n) is 15.4. The molecule has 1 amide bonds. The first-order chi connectivity index (χ1) is 13.0. The molecule has 0 radical (unpaired) electrons. The minimum Gasteiger partial charge on any atom is -0.372 e. The first-order valence-electron chi connectivity index (χ1n) is 8.93. The molecule has 0 bridgehead atoms. The van der Waals surface area contributed by atoms with E-state index in [9.17, 15) is 9.18 Å². The van der Waals surface area contributed by atoms with Gasteiger partial charge in [-0.2, -0.15) is 5.26 Å². The molecule has 1 N–H and O–H groups in total. The largest absolute Gasteiger partial charge is 0.372 e. The van der Waals surface area contributed by atoms with Gasteiger partial charge >= 0.3 is 0 Å². The lowest BCUT2D eigenvalue weighted by molar-refractivity contribution is -0.00539. The number of hydrogen-bond acceptors (Lipinski definition) is 4. The molecule has 1 aliphatic heterocycles. The number of nitrogens with zero attached hydrogens (tertiary/aromatic N) is 2. The van der Waals surface area contributed by atoms with E-state index in [2.05, 4.69) is 5.32 Å². The molecule has 6 heteroatoms. The maximum absolute atomic E-state index is 14.6. The molecule has 0 aliphatic carbocycles. The monoisotopic (exact) mass is 367 g/mol. The van der Waals surface area contributed by atoms with Crippen LogP contribution in [0.25, 0.3) is 0 Å². The predicted molar refractivity (Wildman–Crippen MR) is 101 cm³/mol. The Morgan fingerprint density at radius 1 is 1.22 bits per heavy atom. The van der Waals surface area contributed by atoms with Crippen LogP contribution in [0.4, 0.5) is 10.1 Å². The van der Waals surface area contributed by atoms with E-state index in [0.717, 1.165) is 0 Å². The van der Waals surface area contributed by atoms with Crippen molar-refractivity contribution < 1.29 is 13.9 Å². The van der Waals surface area contributed by atoms with Gasteiger partial charge in [0.1, 0.15) is 5.82 Å². The highest BCUT2D eigenvalue weighted by atomic mass is 19.1. The number of anilines is 1. The third kappa shape index (κ3) is 4.63. The fourth-order valence-corrected chi connectivity index (χ4v) is 3.27. The summed E-state index contributed by atoms with van der Waals surface area (Å²) < 4.78 is 20.3. The summed E-state index contributed by atoms with van der Waals surface area (Å²) in [5, 5.41) is 11.6. The van der Waals surface area contributed by atoms with Gasteiger partial charge in [0, 0.05) is 25.2 Å². The van der Waals surface area contributed by atoms with Crippen LogP contribution in [0.2, 0.25) is 0 Å². The van der Waals surface area contributed by atoms with Gasteiger partial charge in [-0.3, -0.25) is 4.79 Å². The molecule has 27 heavy (non-hydrogen) atoms. The molecule has 0 spiro atoms. The summed E-state index contributed by atoms with van der Waals surface area (Å²) in [6.07, 6.45) is 0.110. The lowest BCUT2D eigenvalue weighted by Crippen LogP contribution is -2.45. The van der Waals surface area contributed by atoms with E-state index in [-0.39, 0.29) is 30.5 Å². The normalized spacial score (nSPS) is 19.4. The number of carbonyl (C=O) groups is 1. The highest BCUT2D eigenvalue weighted by Crippen LogP contribution is 2.24. The Morgan fingerprint density at radius 2 is 1.89 bits per heavy atom. The fraction of sp³-hybridized carbons (Fsp3) is 0.333. The summed E-state index contributed by atoms with van der Waals surface area (Å²) in [5.41, 5.74) is 2.20. The molecule has 0 aromatic heterocycles. The third-order valence-corrected chi connectivity index (χ3v) is 4.50. The van der Waals surface area contributed by atoms with E-state index in [4.69, 9.17) is 10.00 Å². The molecule has 140 valence electrons. The summed E-state index contributed by atoms with van der Waals surface area (Å²) in [6.45, 7) is 5.49. The Balaban J connectivity index is 1.63. The third-order valence-electron chi connectivity index (χ3n) is 4.50. The molecule has 2 unspecified atom stereocenters. The number of nitrogens with one attached hydrogen (secondary N) is 1. The molecule has 2 aromatic rings. The van der Waals surface area contributed by atoms with Gasteiger partial charge in [-0.25, -0.2) is 4.39 Å². The van der Waals surface area contributed by atoms with Crippen LogP contribution in [-0.2, 0) is 11.3 Å². The average Bonchev–Trinajstić information content (AvgIpc) is 2.65. The van der Waals surface area contributed by atoms with Crippen molar-refractivity contribution in [2.45, 2.75) is 32.6 Å². The van der Waals surface area contributed by atoms with E-state index in [1.807, 2.05) is 30.9 Å². The van der Waals surface area contributed by atoms with Crippen LogP contribution in [-0.4, -0.2) is 31.2 Å². The van der Waals surface area contributed by atoms with Gasteiger partial charge in [-0.05, 0) is 55.8 Å². The maximum atomic E-state index is 14.6. The van der Waals surface area contributed by atoms with Crippen LogP contribution in [0.1, 0.15) is 35.3 Å². The summed E-state index contributed by atoms with van der Waals surface area (Å²) in [5.74, 6) is -0.568. The Hall–Kier alpha value is -2.91. The number of rotatable bonds is 4. The van der Waals surface area contributed by atoms with Crippen molar-refractivity contribution >= 4 is 11.6 Å². The first-order valence-corrected chi connectivity index (χ1v) is 8.93. The van der Waals surface area contributed by atoms with E-state index >= 15 is 0 Å². The van der Waals surface area contributed by atoms with Crippen LogP contribution >= 0.6 is 0 Å². The molecular weight excluding hydrogens is 345 g/mol. The zero-order chi connectivity index (χ0) is 19.4. The van der Waals surface area contributed by atoms with Crippen molar-refractivity contribution in [2.75, 3.05) is 18.0 Å². The minimum atomic E-state index is -0.304.